The van der Waals surface area contributed by atoms with E-state index in [2.05, 4.69) is 0 Å². The first-order chi connectivity index (χ1) is 6.00. The van der Waals surface area contributed by atoms with Crippen LogP contribution in [-0.4, -0.2) is 15.4 Å². The maximum Gasteiger partial charge on any atom is 0.328 e. The molecule has 0 saturated heterocycles. The summed E-state index contributed by atoms with van der Waals surface area (Å²) in [4.78, 5) is 17.7. The molecule has 2 N–H and O–H groups in total. The van der Waals surface area contributed by atoms with Crippen LogP contribution in [0.3, 0.4) is 0 Å². The van der Waals surface area contributed by atoms with Gasteiger partial charge in [0.1, 0.15) is 0 Å². The molecule has 0 amide bonds. The topological polar surface area (TPSA) is 57.5 Å². The van der Waals surface area contributed by atoms with Crippen molar-refractivity contribution in [2.24, 2.45) is 0 Å². The molecule has 1 aromatic rings. The minimum atomic E-state index is -3.92. The molecule has 0 fully saturated rings. The van der Waals surface area contributed by atoms with Gasteiger partial charge in [0.15, 0.2) is 0 Å². The maximum atomic E-state index is 10.8. The van der Waals surface area contributed by atoms with Crippen LogP contribution in [0.25, 0.3) is 0 Å². The summed E-state index contributed by atoms with van der Waals surface area (Å²) in [6, 6.07) is 9.34. The Balaban J connectivity index is 2.66. The van der Waals surface area contributed by atoms with Crippen molar-refractivity contribution in [1.29, 1.82) is 0 Å². The highest BCUT2D eigenvalue weighted by atomic mass is 31.2. The van der Waals surface area contributed by atoms with Crippen LogP contribution in [-0.2, 0) is 11.0 Å². The molecule has 1 rings (SSSR count). The normalized spacial score (nSPS) is 14.1. The van der Waals surface area contributed by atoms with Gasteiger partial charge in [-0.25, -0.2) is 0 Å². The predicted molar refractivity (Wildman–Crippen MR) is 51.7 cm³/mol. The van der Waals surface area contributed by atoms with Crippen LogP contribution in [0.2, 0.25) is 0 Å². The second-order valence-electron chi connectivity index (χ2n) is 3.13. The van der Waals surface area contributed by atoms with Gasteiger partial charge in [0.25, 0.3) is 0 Å². The van der Waals surface area contributed by atoms with Crippen LogP contribution < -0.4 is 0 Å². The first-order valence-electron chi connectivity index (χ1n) is 4.09. The van der Waals surface area contributed by atoms with Crippen LogP contribution in [0.5, 0.6) is 0 Å². The van der Waals surface area contributed by atoms with E-state index in [1.54, 1.807) is 6.92 Å². The summed E-state index contributed by atoms with van der Waals surface area (Å²) >= 11 is 0. The van der Waals surface area contributed by atoms with Crippen molar-refractivity contribution in [3.05, 3.63) is 35.9 Å². The quantitative estimate of drug-likeness (QED) is 0.731. The van der Waals surface area contributed by atoms with E-state index < -0.39 is 13.3 Å². The first-order valence-corrected chi connectivity index (χ1v) is 5.77. The third-order valence-corrected chi connectivity index (χ3v) is 3.28. The predicted octanol–water partition coefficient (Wildman–Crippen LogP) is 1.80. The molecule has 72 valence electrons. The monoisotopic (exact) mass is 200 g/mol. The first kappa shape index (κ1) is 10.5. The van der Waals surface area contributed by atoms with Gasteiger partial charge < -0.3 is 9.79 Å². The fourth-order valence-corrected chi connectivity index (χ4v) is 1.52. The van der Waals surface area contributed by atoms with Crippen LogP contribution in [0.4, 0.5) is 0 Å². The zero-order chi connectivity index (χ0) is 9.90. The van der Waals surface area contributed by atoms with Crippen LogP contribution in [0.1, 0.15) is 12.5 Å². The summed E-state index contributed by atoms with van der Waals surface area (Å²) in [5.74, 6) is 0. The van der Waals surface area contributed by atoms with Gasteiger partial charge in [0.05, 0.1) is 5.66 Å². The standard InChI is InChI=1S/C9H13O3P/c1-8(13(10,11)12)7-9-5-3-2-4-6-9/h2-6,8H,7H2,1H3,(H2,10,11,12). The van der Waals surface area contributed by atoms with Crippen LogP contribution in [0, 0.1) is 0 Å². The second kappa shape index (κ2) is 4.05. The fourth-order valence-electron chi connectivity index (χ4n) is 1.07. The van der Waals surface area contributed by atoms with E-state index in [9.17, 15) is 4.57 Å². The Bertz CT molecular complexity index is 304. The third kappa shape index (κ3) is 3.31. The summed E-state index contributed by atoms with van der Waals surface area (Å²) in [6.07, 6.45) is 0.422. The van der Waals surface area contributed by atoms with E-state index in [0.29, 0.717) is 6.42 Å². The molecule has 0 bridgehead atoms. The Morgan fingerprint density at radius 2 is 1.85 bits per heavy atom. The molecule has 0 aromatic heterocycles. The lowest BCUT2D eigenvalue weighted by molar-refractivity contribution is 0.360. The Kier molecular flexibility index (Phi) is 3.26. The van der Waals surface area contributed by atoms with E-state index in [1.165, 1.54) is 0 Å². The van der Waals surface area contributed by atoms with Gasteiger partial charge >= 0.3 is 7.60 Å². The number of hydrogen-bond donors (Lipinski definition) is 2. The lowest BCUT2D eigenvalue weighted by Crippen LogP contribution is -2.06. The van der Waals surface area contributed by atoms with E-state index in [0.717, 1.165) is 5.56 Å². The van der Waals surface area contributed by atoms with Crippen molar-refractivity contribution >= 4 is 7.60 Å². The number of hydrogen-bond acceptors (Lipinski definition) is 1. The van der Waals surface area contributed by atoms with Crippen molar-refractivity contribution in [3.63, 3.8) is 0 Å². The Hall–Kier alpha value is -0.630. The molecule has 0 heterocycles. The lowest BCUT2D eigenvalue weighted by Gasteiger charge is -2.12. The minimum Gasteiger partial charge on any atom is -0.324 e. The highest BCUT2D eigenvalue weighted by Gasteiger charge is 2.23. The second-order valence-corrected chi connectivity index (χ2v) is 5.19. The largest absolute Gasteiger partial charge is 0.328 e. The zero-order valence-electron chi connectivity index (χ0n) is 7.42. The van der Waals surface area contributed by atoms with Crippen molar-refractivity contribution in [1.82, 2.24) is 0 Å². The van der Waals surface area contributed by atoms with Gasteiger partial charge in [0, 0.05) is 0 Å². The molecule has 0 aliphatic heterocycles. The van der Waals surface area contributed by atoms with Gasteiger partial charge in [-0.3, -0.25) is 4.57 Å². The highest BCUT2D eigenvalue weighted by Crippen LogP contribution is 2.42. The average Bonchev–Trinajstić information content (AvgIpc) is 2.04. The summed E-state index contributed by atoms with van der Waals surface area (Å²) in [7, 11) is -3.92. The summed E-state index contributed by atoms with van der Waals surface area (Å²) in [6.45, 7) is 1.56. The molecule has 4 heteroatoms. The van der Waals surface area contributed by atoms with Gasteiger partial charge in [-0.15, -0.1) is 0 Å². The molecule has 1 atom stereocenters. The van der Waals surface area contributed by atoms with Crippen LogP contribution >= 0.6 is 7.60 Å². The Morgan fingerprint density at radius 1 is 1.31 bits per heavy atom. The van der Waals surface area contributed by atoms with Crippen molar-refractivity contribution in [2.45, 2.75) is 19.0 Å². The maximum absolute atomic E-state index is 10.8. The molecular formula is C9H13O3P. The van der Waals surface area contributed by atoms with Crippen molar-refractivity contribution < 1.29 is 14.4 Å². The van der Waals surface area contributed by atoms with Gasteiger partial charge in [0.2, 0.25) is 0 Å². The van der Waals surface area contributed by atoms with Crippen LogP contribution in [0.15, 0.2) is 30.3 Å². The lowest BCUT2D eigenvalue weighted by atomic mass is 10.1. The van der Waals surface area contributed by atoms with Gasteiger partial charge in [-0.2, -0.15) is 0 Å². The molecule has 0 aliphatic rings. The summed E-state index contributed by atoms with van der Waals surface area (Å²) < 4.78 is 10.8. The summed E-state index contributed by atoms with van der Waals surface area (Å²) in [5.41, 5.74) is 0.355. The number of rotatable bonds is 3. The SMILES string of the molecule is CC(Cc1ccccc1)P(=O)(O)O. The smallest absolute Gasteiger partial charge is 0.324 e. The average molecular weight is 200 g/mol. The Labute approximate surface area is 77.6 Å². The molecule has 13 heavy (non-hydrogen) atoms. The molecule has 1 unspecified atom stereocenters. The van der Waals surface area contributed by atoms with Crippen molar-refractivity contribution in [3.8, 4) is 0 Å². The Morgan fingerprint density at radius 3 is 2.31 bits per heavy atom. The number of benzene rings is 1. The van der Waals surface area contributed by atoms with E-state index >= 15 is 0 Å². The molecule has 3 nitrogen and oxygen atoms in total. The molecule has 1 aromatic carbocycles. The van der Waals surface area contributed by atoms with E-state index in [-0.39, 0.29) is 0 Å². The molecule has 0 saturated carbocycles. The van der Waals surface area contributed by atoms with Gasteiger partial charge in [-0.05, 0) is 12.0 Å². The van der Waals surface area contributed by atoms with Crippen molar-refractivity contribution in [2.75, 3.05) is 0 Å². The molecular weight excluding hydrogens is 187 g/mol. The van der Waals surface area contributed by atoms with E-state index in [1.807, 2.05) is 30.3 Å². The van der Waals surface area contributed by atoms with E-state index in [4.69, 9.17) is 9.79 Å². The zero-order valence-corrected chi connectivity index (χ0v) is 8.32. The minimum absolute atomic E-state index is 0.422. The highest BCUT2D eigenvalue weighted by molar-refractivity contribution is 7.52. The molecule has 0 spiro atoms. The molecule has 0 aliphatic carbocycles. The fraction of sp³-hybridized carbons (Fsp3) is 0.333. The summed E-state index contributed by atoms with van der Waals surface area (Å²) in [5, 5.41) is 0. The molecule has 0 radical (unpaired) electrons. The van der Waals surface area contributed by atoms with Gasteiger partial charge in [-0.1, -0.05) is 37.3 Å². The third-order valence-electron chi connectivity index (χ3n) is 1.95.